The van der Waals surface area contributed by atoms with Gasteiger partial charge in [0.25, 0.3) is 0 Å². The number of halogens is 1. The van der Waals surface area contributed by atoms with Crippen LogP contribution in [0.4, 0.5) is 0 Å². The number of rotatable bonds is 4. The van der Waals surface area contributed by atoms with Crippen LogP contribution in [-0.2, 0) is 0 Å². The van der Waals surface area contributed by atoms with E-state index in [9.17, 15) is 0 Å². The summed E-state index contributed by atoms with van der Waals surface area (Å²) in [7, 11) is 0. The zero-order chi connectivity index (χ0) is 17.0. The van der Waals surface area contributed by atoms with E-state index in [1.807, 2.05) is 13.8 Å². The fourth-order valence-corrected chi connectivity index (χ4v) is 3.01. The Hall–Kier alpha value is -1.41. The minimum Gasteiger partial charge on any atom is -0.359 e. The molecule has 0 aliphatic carbocycles. The van der Waals surface area contributed by atoms with E-state index in [1.54, 1.807) is 6.21 Å². The fourth-order valence-electron chi connectivity index (χ4n) is 2.36. The molecule has 1 heterocycles. The Morgan fingerprint density at radius 2 is 1.91 bits per heavy atom. The number of nitrogens with one attached hydrogen (secondary N) is 2. The molecule has 0 aliphatic rings. The van der Waals surface area contributed by atoms with Gasteiger partial charge in [0.2, 0.25) is 0 Å². The highest BCUT2D eigenvalue weighted by Crippen LogP contribution is 2.20. The standard InChI is InChI=1S/C17H21IN4S/c1-11(2)20-17(23)21-19-10-14-9-12(3)22(13(14)4)16-7-5-15(18)6-8-16/h5-11H,1-4H3,(H2,20,21,23)/b19-10+. The fraction of sp³-hybridized carbons (Fsp3) is 0.294. The molecule has 122 valence electrons. The van der Waals surface area contributed by atoms with Crippen LogP contribution in [0.1, 0.15) is 30.8 Å². The summed E-state index contributed by atoms with van der Waals surface area (Å²) in [5, 5.41) is 7.85. The van der Waals surface area contributed by atoms with Crippen LogP contribution in [0.15, 0.2) is 35.4 Å². The van der Waals surface area contributed by atoms with E-state index in [-0.39, 0.29) is 6.04 Å². The van der Waals surface area contributed by atoms with Crippen LogP contribution in [0, 0.1) is 17.4 Å². The van der Waals surface area contributed by atoms with Crippen molar-refractivity contribution in [2.45, 2.75) is 33.7 Å². The highest BCUT2D eigenvalue weighted by Gasteiger charge is 2.09. The first-order chi connectivity index (χ1) is 10.9. The number of nitrogens with zero attached hydrogens (tertiary/aromatic N) is 2. The molecule has 0 fully saturated rings. The van der Waals surface area contributed by atoms with Crippen molar-refractivity contribution in [3.8, 4) is 5.69 Å². The van der Waals surface area contributed by atoms with Crippen molar-refractivity contribution in [2.24, 2.45) is 5.10 Å². The van der Waals surface area contributed by atoms with Gasteiger partial charge in [0.1, 0.15) is 0 Å². The summed E-state index contributed by atoms with van der Waals surface area (Å²) in [5.74, 6) is 0. The zero-order valence-corrected chi connectivity index (χ0v) is 16.7. The summed E-state index contributed by atoms with van der Waals surface area (Å²) in [6.45, 7) is 8.26. The Bertz CT molecular complexity index is 717. The monoisotopic (exact) mass is 440 g/mol. The maximum atomic E-state index is 5.16. The van der Waals surface area contributed by atoms with Gasteiger partial charge < -0.3 is 9.88 Å². The topological polar surface area (TPSA) is 41.4 Å². The normalized spacial score (nSPS) is 11.2. The van der Waals surface area contributed by atoms with E-state index < -0.39 is 0 Å². The Kier molecular flexibility index (Phi) is 6.17. The van der Waals surface area contributed by atoms with Gasteiger partial charge in [-0.1, -0.05) is 0 Å². The maximum Gasteiger partial charge on any atom is 0.187 e. The molecule has 1 aromatic carbocycles. The number of hydrazone groups is 1. The maximum absolute atomic E-state index is 5.16. The third-order valence-electron chi connectivity index (χ3n) is 3.34. The van der Waals surface area contributed by atoms with E-state index in [0.29, 0.717) is 5.11 Å². The lowest BCUT2D eigenvalue weighted by atomic mass is 10.2. The summed E-state index contributed by atoms with van der Waals surface area (Å²) in [6.07, 6.45) is 1.81. The van der Waals surface area contributed by atoms with Crippen LogP contribution in [0.2, 0.25) is 0 Å². The number of benzene rings is 1. The van der Waals surface area contributed by atoms with Gasteiger partial charge in [-0.15, -0.1) is 0 Å². The second kappa shape index (κ2) is 7.92. The Balaban J connectivity index is 2.17. The molecule has 0 aliphatic heterocycles. The average molecular weight is 440 g/mol. The quantitative estimate of drug-likeness (QED) is 0.328. The van der Waals surface area contributed by atoms with Gasteiger partial charge in [0.15, 0.2) is 5.11 Å². The van der Waals surface area contributed by atoms with Gasteiger partial charge >= 0.3 is 0 Å². The minimum atomic E-state index is 0.288. The number of hydrogen-bond acceptors (Lipinski definition) is 2. The lowest BCUT2D eigenvalue weighted by Crippen LogP contribution is -2.36. The molecule has 0 saturated carbocycles. The SMILES string of the molecule is Cc1cc(/C=N/NC(=S)NC(C)C)c(C)n1-c1ccc(I)cc1. The van der Waals surface area contributed by atoms with Crippen molar-refractivity contribution in [2.75, 3.05) is 0 Å². The Labute approximate surface area is 156 Å². The summed E-state index contributed by atoms with van der Waals surface area (Å²) >= 11 is 7.47. The highest BCUT2D eigenvalue weighted by atomic mass is 127. The third-order valence-corrected chi connectivity index (χ3v) is 4.27. The van der Waals surface area contributed by atoms with E-state index in [4.69, 9.17) is 12.2 Å². The molecular weight excluding hydrogens is 419 g/mol. The molecule has 0 unspecified atom stereocenters. The molecule has 0 radical (unpaired) electrons. The van der Waals surface area contributed by atoms with Gasteiger partial charge in [-0.2, -0.15) is 5.10 Å². The predicted octanol–water partition coefficient (Wildman–Crippen LogP) is 3.91. The first-order valence-corrected chi connectivity index (χ1v) is 8.91. The molecule has 4 nitrogen and oxygen atoms in total. The van der Waals surface area contributed by atoms with Gasteiger partial charge in [-0.05, 0) is 92.8 Å². The lowest BCUT2D eigenvalue weighted by molar-refractivity contribution is 0.720. The van der Waals surface area contributed by atoms with Crippen LogP contribution in [-0.4, -0.2) is 21.9 Å². The average Bonchev–Trinajstić information content (AvgIpc) is 2.74. The van der Waals surface area contributed by atoms with Crippen molar-refractivity contribution >= 4 is 46.1 Å². The summed E-state index contributed by atoms with van der Waals surface area (Å²) in [6, 6.07) is 10.9. The predicted molar refractivity (Wildman–Crippen MR) is 110 cm³/mol. The van der Waals surface area contributed by atoms with Crippen molar-refractivity contribution in [1.29, 1.82) is 0 Å². The van der Waals surface area contributed by atoms with Gasteiger partial charge in [-0.3, -0.25) is 5.43 Å². The van der Waals surface area contributed by atoms with Gasteiger partial charge in [0, 0.05) is 32.3 Å². The number of aryl methyl sites for hydroxylation is 1. The molecule has 0 spiro atoms. The van der Waals surface area contributed by atoms with Crippen LogP contribution < -0.4 is 10.7 Å². The molecule has 0 saturated heterocycles. The number of hydrogen-bond donors (Lipinski definition) is 2. The Morgan fingerprint density at radius 3 is 2.52 bits per heavy atom. The molecule has 0 amide bonds. The summed E-state index contributed by atoms with van der Waals surface area (Å²) in [4.78, 5) is 0. The summed E-state index contributed by atoms with van der Waals surface area (Å²) < 4.78 is 3.45. The molecule has 6 heteroatoms. The largest absolute Gasteiger partial charge is 0.359 e. The molecule has 0 atom stereocenters. The number of aromatic nitrogens is 1. The van der Waals surface area contributed by atoms with Crippen molar-refractivity contribution < 1.29 is 0 Å². The molecule has 1 aromatic heterocycles. The molecule has 2 N–H and O–H groups in total. The number of thiocarbonyl (C=S) groups is 1. The molecule has 2 aromatic rings. The lowest BCUT2D eigenvalue weighted by Gasteiger charge is -2.10. The third kappa shape index (κ3) is 4.78. The molecule has 23 heavy (non-hydrogen) atoms. The van der Waals surface area contributed by atoms with E-state index in [2.05, 4.69) is 87.2 Å². The van der Waals surface area contributed by atoms with Crippen LogP contribution in [0.3, 0.4) is 0 Å². The Morgan fingerprint density at radius 1 is 1.26 bits per heavy atom. The first-order valence-electron chi connectivity index (χ1n) is 7.43. The zero-order valence-electron chi connectivity index (χ0n) is 13.7. The van der Waals surface area contributed by atoms with Crippen LogP contribution in [0.25, 0.3) is 5.69 Å². The molecule has 2 rings (SSSR count). The minimum absolute atomic E-state index is 0.288. The summed E-state index contributed by atoms with van der Waals surface area (Å²) in [5.41, 5.74) is 7.40. The van der Waals surface area contributed by atoms with Crippen molar-refractivity contribution in [3.63, 3.8) is 0 Å². The first kappa shape index (κ1) is 17.9. The second-order valence-corrected chi connectivity index (χ2v) is 7.29. The van der Waals surface area contributed by atoms with Crippen molar-refractivity contribution in [1.82, 2.24) is 15.3 Å². The second-order valence-electron chi connectivity index (χ2n) is 5.64. The highest BCUT2D eigenvalue weighted by molar-refractivity contribution is 14.1. The van der Waals surface area contributed by atoms with E-state index in [0.717, 1.165) is 16.9 Å². The van der Waals surface area contributed by atoms with E-state index >= 15 is 0 Å². The van der Waals surface area contributed by atoms with Crippen LogP contribution in [0.5, 0.6) is 0 Å². The van der Waals surface area contributed by atoms with Gasteiger partial charge in [0.05, 0.1) is 6.21 Å². The van der Waals surface area contributed by atoms with E-state index in [1.165, 1.54) is 9.26 Å². The van der Waals surface area contributed by atoms with Crippen molar-refractivity contribution in [3.05, 3.63) is 50.9 Å². The van der Waals surface area contributed by atoms with Gasteiger partial charge in [-0.25, -0.2) is 0 Å². The molecular formula is C17H21IN4S. The molecule has 0 bridgehead atoms. The smallest absolute Gasteiger partial charge is 0.187 e. The van der Waals surface area contributed by atoms with Crippen LogP contribution >= 0.6 is 34.8 Å².